The van der Waals surface area contributed by atoms with Crippen LogP contribution in [-0.2, 0) is 0 Å². The van der Waals surface area contributed by atoms with E-state index in [-0.39, 0.29) is 18.6 Å². The first kappa shape index (κ1) is 15.5. The van der Waals surface area contributed by atoms with Gasteiger partial charge in [-0.25, -0.2) is 0 Å². The predicted molar refractivity (Wildman–Crippen MR) is 75.5 cm³/mol. The lowest BCUT2D eigenvalue weighted by Crippen LogP contribution is -2.48. The van der Waals surface area contributed by atoms with E-state index in [9.17, 15) is 9.90 Å². The van der Waals surface area contributed by atoms with Crippen molar-refractivity contribution in [3.63, 3.8) is 0 Å². The summed E-state index contributed by atoms with van der Waals surface area (Å²) in [6.45, 7) is 7.53. The summed E-state index contributed by atoms with van der Waals surface area (Å²) in [6, 6.07) is 7.05. The van der Waals surface area contributed by atoms with Gasteiger partial charge < -0.3 is 15.2 Å². The first-order valence-corrected chi connectivity index (χ1v) is 6.60. The molecule has 0 aromatic heterocycles. The number of aliphatic hydroxyl groups excluding tert-OH is 1. The van der Waals surface area contributed by atoms with Gasteiger partial charge in [0.25, 0.3) is 5.91 Å². The second-order valence-electron chi connectivity index (χ2n) is 5.22. The number of hydrogen-bond acceptors (Lipinski definition) is 3. The summed E-state index contributed by atoms with van der Waals surface area (Å²) in [7, 11) is 0. The summed E-state index contributed by atoms with van der Waals surface area (Å²) in [5, 5.41) is 12.2. The van der Waals surface area contributed by atoms with Crippen molar-refractivity contribution in [2.24, 2.45) is 0 Å². The number of nitrogens with one attached hydrogen (secondary N) is 1. The Morgan fingerprint density at radius 1 is 1.47 bits per heavy atom. The molecule has 1 unspecified atom stereocenters. The molecule has 0 fully saturated rings. The number of hydrogen-bond donors (Lipinski definition) is 2. The maximum Gasteiger partial charge on any atom is 0.251 e. The Morgan fingerprint density at radius 3 is 2.68 bits per heavy atom. The Hall–Kier alpha value is -1.55. The monoisotopic (exact) mass is 265 g/mol. The molecule has 1 atom stereocenters. The van der Waals surface area contributed by atoms with Crippen molar-refractivity contribution in [3.8, 4) is 5.75 Å². The van der Waals surface area contributed by atoms with Crippen LogP contribution in [0.15, 0.2) is 24.3 Å². The van der Waals surface area contributed by atoms with E-state index in [1.165, 1.54) is 0 Å². The molecule has 0 spiro atoms. The zero-order valence-electron chi connectivity index (χ0n) is 12.1. The molecule has 1 amide bonds. The quantitative estimate of drug-likeness (QED) is 0.830. The maximum absolute atomic E-state index is 12.1. The van der Waals surface area contributed by atoms with Crippen molar-refractivity contribution in [2.45, 2.75) is 45.8 Å². The molecule has 0 aliphatic carbocycles. The summed E-state index contributed by atoms with van der Waals surface area (Å²) in [5.74, 6) is 0.470. The number of carbonyl (C=O) groups is 1. The van der Waals surface area contributed by atoms with Gasteiger partial charge in [0.15, 0.2) is 0 Å². The van der Waals surface area contributed by atoms with Crippen LogP contribution in [0.25, 0.3) is 0 Å². The molecule has 1 aromatic carbocycles. The fourth-order valence-electron chi connectivity index (χ4n) is 1.57. The van der Waals surface area contributed by atoms with Crippen LogP contribution in [0.4, 0.5) is 0 Å². The van der Waals surface area contributed by atoms with Crippen molar-refractivity contribution < 1.29 is 14.6 Å². The highest BCUT2D eigenvalue weighted by atomic mass is 16.5. The minimum atomic E-state index is -0.591. The van der Waals surface area contributed by atoms with Crippen LogP contribution in [0.5, 0.6) is 5.75 Å². The Kier molecular flexibility index (Phi) is 5.36. The van der Waals surface area contributed by atoms with E-state index in [1.807, 2.05) is 33.8 Å². The van der Waals surface area contributed by atoms with E-state index in [2.05, 4.69) is 5.32 Å². The molecule has 0 heterocycles. The minimum absolute atomic E-state index is 0.0664. The lowest BCUT2D eigenvalue weighted by atomic mass is 9.99. The summed E-state index contributed by atoms with van der Waals surface area (Å²) in [5.41, 5.74) is -0.0577. The van der Waals surface area contributed by atoms with E-state index < -0.39 is 5.54 Å². The van der Waals surface area contributed by atoms with E-state index in [0.717, 1.165) is 0 Å². The lowest BCUT2D eigenvalue weighted by molar-refractivity contribution is 0.0846. The van der Waals surface area contributed by atoms with Gasteiger partial charge in [-0.15, -0.1) is 0 Å². The second kappa shape index (κ2) is 6.57. The third-order valence-electron chi connectivity index (χ3n) is 3.01. The highest BCUT2D eigenvalue weighted by molar-refractivity contribution is 5.95. The number of aliphatic hydroxyl groups is 1. The summed E-state index contributed by atoms with van der Waals surface area (Å²) in [6.07, 6.45) is 0.730. The summed E-state index contributed by atoms with van der Waals surface area (Å²) >= 11 is 0. The van der Waals surface area contributed by atoms with Gasteiger partial charge in [-0.2, -0.15) is 0 Å². The van der Waals surface area contributed by atoms with Gasteiger partial charge >= 0.3 is 0 Å². The van der Waals surface area contributed by atoms with E-state index in [0.29, 0.717) is 17.7 Å². The Bertz CT molecular complexity index is 425. The van der Waals surface area contributed by atoms with Gasteiger partial charge in [-0.1, -0.05) is 13.0 Å². The Labute approximate surface area is 114 Å². The third kappa shape index (κ3) is 4.56. The van der Waals surface area contributed by atoms with Crippen LogP contribution in [0, 0.1) is 0 Å². The molecule has 4 nitrogen and oxygen atoms in total. The van der Waals surface area contributed by atoms with Crippen molar-refractivity contribution in [1.82, 2.24) is 5.32 Å². The molecule has 0 saturated carbocycles. The fourth-order valence-corrected chi connectivity index (χ4v) is 1.57. The molecule has 0 aliphatic heterocycles. The smallest absolute Gasteiger partial charge is 0.251 e. The van der Waals surface area contributed by atoms with Gasteiger partial charge in [0, 0.05) is 5.56 Å². The first-order valence-electron chi connectivity index (χ1n) is 6.60. The Morgan fingerprint density at radius 2 is 2.16 bits per heavy atom. The van der Waals surface area contributed by atoms with Crippen LogP contribution in [0.3, 0.4) is 0 Å². The van der Waals surface area contributed by atoms with Gasteiger partial charge in [0.1, 0.15) is 5.75 Å². The highest BCUT2D eigenvalue weighted by Gasteiger charge is 2.23. The molecule has 0 radical (unpaired) electrons. The van der Waals surface area contributed by atoms with Crippen molar-refractivity contribution in [3.05, 3.63) is 29.8 Å². The molecule has 4 heteroatoms. The summed E-state index contributed by atoms with van der Waals surface area (Å²) in [4.78, 5) is 12.1. The number of ether oxygens (including phenoxy) is 1. The zero-order chi connectivity index (χ0) is 14.5. The number of benzene rings is 1. The molecule has 19 heavy (non-hydrogen) atoms. The predicted octanol–water partition coefficient (Wildman–Crippen LogP) is 2.36. The maximum atomic E-state index is 12.1. The first-order chi connectivity index (χ1) is 8.90. The number of carbonyl (C=O) groups excluding carboxylic acids is 1. The third-order valence-corrected chi connectivity index (χ3v) is 3.01. The molecule has 106 valence electrons. The molecule has 0 bridgehead atoms. The molecule has 0 aliphatic rings. The highest BCUT2D eigenvalue weighted by Crippen LogP contribution is 2.16. The topological polar surface area (TPSA) is 58.6 Å². The fraction of sp³-hybridized carbons (Fsp3) is 0.533. The summed E-state index contributed by atoms with van der Waals surface area (Å²) < 4.78 is 5.56. The average Bonchev–Trinajstić information content (AvgIpc) is 2.38. The van der Waals surface area contributed by atoms with E-state index in [4.69, 9.17) is 4.74 Å². The van der Waals surface area contributed by atoms with Crippen LogP contribution in [0.2, 0.25) is 0 Å². The van der Waals surface area contributed by atoms with Gasteiger partial charge in [0.2, 0.25) is 0 Å². The molecular weight excluding hydrogens is 242 g/mol. The average molecular weight is 265 g/mol. The van der Waals surface area contributed by atoms with E-state index >= 15 is 0 Å². The number of amides is 1. The van der Waals surface area contributed by atoms with Crippen LogP contribution in [-0.4, -0.2) is 29.3 Å². The Balaban J connectivity index is 2.82. The minimum Gasteiger partial charge on any atom is -0.491 e. The van der Waals surface area contributed by atoms with Crippen LogP contribution >= 0.6 is 0 Å². The van der Waals surface area contributed by atoms with Crippen molar-refractivity contribution in [1.29, 1.82) is 0 Å². The van der Waals surface area contributed by atoms with E-state index in [1.54, 1.807) is 18.2 Å². The van der Waals surface area contributed by atoms with Crippen LogP contribution < -0.4 is 10.1 Å². The van der Waals surface area contributed by atoms with Crippen LogP contribution in [0.1, 0.15) is 44.5 Å². The molecule has 1 rings (SSSR count). The molecular formula is C15H23NO3. The van der Waals surface area contributed by atoms with Gasteiger partial charge in [-0.3, -0.25) is 4.79 Å². The standard InChI is InChI=1S/C15H23NO3/c1-5-15(4,10-17)16-14(18)12-7-6-8-13(9-12)19-11(2)3/h6-9,11,17H,5,10H2,1-4H3,(H,16,18). The van der Waals surface area contributed by atoms with Crippen molar-refractivity contribution in [2.75, 3.05) is 6.61 Å². The van der Waals surface area contributed by atoms with Crippen molar-refractivity contribution >= 4 is 5.91 Å². The SMILES string of the molecule is CCC(C)(CO)NC(=O)c1cccc(OC(C)C)c1. The second-order valence-corrected chi connectivity index (χ2v) is 5.22. The lowest BCUT2D eigenvalue weighted by Gasteiger charge is -2.27. The van der Waals surface area contributed by atoms with Gasteiger partial charge in [0.05, 0.1) is 18.2 Å². The largest absolute Gasteiger partial charge is 0.491 e. The number of rotatable bonds is 6. The zero-order valence-corrected chi connectivity index (χ0v) is 12.1. The molecule has 2 N–H and O–H groups in total. The molecule has 0 saturated heterocycles. The van der Waals surface area contributed by atoms with Gasteiger partial charge in [-0.05, 0) is 45.4 Å². The normalized spacial score (nSPS) is 14.0. The molecule has 1 aromatic rings.